The third-order valence-corrected chi connectivity index (χ3v) is 1.29. The average molecular weight is 226 g/mol. The maximum absolute atomic E-state index is 10.6. The van der Waals surface area contributed by atoms with Gasteiger partial charge in [0.2, 0.25) is 0 Å². The molecule has 1 rings (SSSR count). The summed E-state index contributed by atoms with van der Waals surface area (Å²) >= 11 is 0. The lowest BCUT2D eigenvalue weighted by Gasteiger charge is -1.83. The van der Waals surface area contributed by atoms with Gasteiger partial charge in [0.25, 0.3) is 5.56 Å². The minimum atomic E-state index is -0.00694. The van der Waals surface area contributed by atoms with E-state index >= 15 is 0 Å². The molecule has 0 fully saturated rings. The lowest BCUT2D eigenvalue weighted by Crippen LogP contribution is -2.06. The Hall–Kier alpha value is -1.58. The lowest BCUT2D eigenvalue weighted by molar-refractivity contribution is 0.213. The average Bonchev–Trinajstić information content (AvgIpc) is 2.26. The zero-order chi connectivity index (χ0) is 13.0. The molecule has 0 aliphatic carbocycles. The van der Waals surface area contributed by atoms with Gasteiger partial charge in [-0.3, -0.25) is 4.79 Å². The predicted octanol–water partition coefficient (Wildman–Crippen LogP) is 2.74. The molecular formula is C12H22N2O2. The van der Waals surface area contributed by atoms with Crippen LogP contribution in [0.2, 0.25) is 0 Å². The topological polar surface area (TPSA) is 54.4 Å². The van der Waals surface area contributed by atoms with E-state index in [9.17, 15) is 4.79 Å². The second kappa shape index (κ2) is 11.5. The fourth-order valence-electron chi connectivity index (χ4n) is 0.688. The number of rotatable bonds is 1. The van der Waals surface area contributed by atoms with E-state index in [1.807, 2.05) is 27.7 Å². The molecule has 1 heterocycles. The standard InChI is InChI=1S/C6H7NO.C4H9NO.C2H6/c1-5-3-2-4-7-6(5)8;1-4(2)5-6-3;1-2/h2-4H,1H3,(H,7,8);1-3H3;1-2H3. The normalized spacial score (nSPS) is 7.62. The quantitative estimate of drug-likeness (QED) is 0.591. The first-order valence-corrected chi connectivity index (χ1v) is 5.26. The molecule has 0 atom stereocenters. The highest BCUT2D eigenvalue weighted by Crippen LogP contribution is 1.81. The molecule has 0 aromatic carbocycles. The van der Waals surface area contributed by atoms with Crippen LogP contribution in [0.15, 0.2) is 28.3 Å². The van der Waals surface area contributed by atoms with Gasteiger partial charge in [-0.2, -0.15) is 0 Å². The number of aromatic amines is 1. The summed E-state index contributed by atoms with van der Waals surface area (Å²) in [6.07, 6.45) is 1.62. The Kier molecular flexibility index (Phi) is 12.1. The monoisotopic (exact) mass is 226 g/mol. The number of pyridine rings is 1. The molecule has 0 saturated heterocycles. The van der Waals surface area contributed by atoms with E-state index in [0.29, 0.717) is 0 Å². The van der Waals surface area contributed by atoms with Crippen molar-refractivity contribution in [3.63, 3.8) is 0 Å². The van der Waals surface area contributed by atoms with Crippen molar-refractivity contribution in [2.45, 2.75) is 34.6 Å². The fourth-order valence-corrected chi connectivity index (χ4v) is 0.688. The molecule has 0 spiro atoms. The van der Waals surface area contributed by atoms with Gasteiger partial charge in [0.05, 0.1) is 5.71 Å². The number of hydrogen-bond donors (Lipinski definition) is 1. The van der Waals surface area contributed by atoms with Crippen LogP contribution >= 0.6 is 0 Å². The minimum absolute atomic E-state index is 0.00694. The van der Waals surface area contributed by atoms with Crippen molar-refractivity contribution in [3.05, 3.63) is 34.2 Å². The molecule has 0 radical (unpaired) electrons. The summed E-state index contributed by atoms with van der Waals surface area (Å²) in [5, 5.41) is 3.54. The van der Waals surface area contributed by atoms with Crippen LogP contribution in [0.25, 0.3) is 0 Å². The van der Waals surface area contributed by atoms with E-state index in [1.54, 1.807) is 25.3 Å². The number of aryl methyl sites for hydroxylation is 1. The van der Waals surface area contributed by atoms with E-state index in [4.69, 9.17) is 0 Å². The van der Waals surface area contributed by atoms with Gasteiger partial charge in [-0.05, 0) is 26.8 Å². The Bertz CT molecular complexity index is 339. The van der Waals surface area contributed by atoms with Crippen LogP contribution < -0.4 is 5.56 Å². The van der Waals surface area contributed by atoms with Crippen LogP contribution in [-0.2, 0) is 4.84 Å². The van der Waals surface area contributed by atoms with Crippen molar-refractivity contribution in [1.82, 2.24) is 4.98 Å². The van der Waals surface area contributed by atoms with Gasteiger partial charge in [0, 0.05) is 11.8 Å². The Labute approximate surface area is 97.3 Å². The summed E-state index contributed by atoms with van der Waals surface area (Å²) in [4.78, 5) is 17.5. The van der Waals surface area contributed by atoms with Gasteiger partial charge in [0.1, 0.15) is 7.11 Å². The molecule has 0 bridgehead atoms. The Balaban J connectivity index is 0. The van der Waals surface area contributed by atoms with Gasteiger partial charge in [0.15, 0.2) is 0 Å². The highest BCUT2D eigenvalue weighted by atomic mass is 16.6. The summed E-state index contributed by atoms with van der Waals surface area (Å²) in [6.45, 7) is 9.53. The molecule has 92 valence electrons. The van der Waals surface area contributed by atoms with Crippen molar-refractivity contribution < 1.29 is 4.84 Å². The molecule has 0 unspecified atom stereocenters. The number of hydrogen-bond acceptors (Lipinski definition) is 3. The van der Waals surface area contributed by atoms with E-state index in [-0.39, 0.29) is 5.56 Å². The number of aromatic nitrogens is 1. The van der Waals surface area contributed by atoms with Crippen LogP contribution in [-0.4, -0.2) is 17.8 Å². The molecule has 0 amide bonds. The van der Waals surface area contributed by atoms with Crippen LogP contribution in [0.3, 0.4) is 0 Å². The van der Waals surface area contributed by atoms with E-state index in [0.717, 1.165) is 11.3 Å². The SMILES string of the molecule is CC.CON=C(C)C.Cc1ccc[nH]c1=O. The number of nitrogens with one attached hydrogen (secondary N) is 1. The number of oxime groups is 1. The summed E-state index contributed by atoms with van der Waals surface area (Å²) in [7, 11) is 1.53. The zero-order valence-corrected chi connectivity index (χ0v) is 11.0. The van der Waals surface area contributed by atoms with Gasteiger partial charge in [-0.25, -0.2) is 0 Å². The second-order valence-corrected chi connectivity index (χ2v) is 2.90. The largest absolute Gasteiger partial charge is 0.399 e. The molecular weight excluding hydrogens is 204 g/mol. The van der Waals surface area contributed by atoms with E-state index < -0.39 is 0 Å². The van der Waals surface area contributed by atoms with Gasteiger partial charge in [-0.15, -0.1) is 0 Å². The van der Waals surface area contributed by atoms with Crippen LogP contribution in [0.1, 0.15) is 33.3 Å². The predicted molar refractivity (Wildman–Crippen MR) is 68.9 cm³/mol. The van der Waals surface area contributed by atoms with Crippen molar-refractivity contribution >= 4 is 5.71 Å². The molecule has 1 N–H and O–H groups in total. The molecule has 4 heteroatoms. The number of nitrogens with zero attached hydrogens (tertiary/aromatic N) is 1. The molecule has 0 aliphatic heterocycles. The highest BCUT2D eigenvalue weighted by molar-refractivity contribution is 5.78. The molecule has 1 aromatic heterocycles. The minimum Gasteiger partial charge on any atom is -0.399 e. The van der Waals surface area contributed by atoms with Crippen molar-refractivity contribution in [1.29, 1.82) is 0 Å². The first-order chi connectivity index (χ1) is 7.57. The molecule has 0 saturated carbocycles. The molecule has 0 aliphatic rings. The fraction of sp³-hybridized carbons (Fsp3) is 0.500. The third kappa shape index (κ3) is 10.5. The smallest absolute Gasteiger partial charge is 0.250 e. The van der Waals surface area contributed by atoms with Crippen LogP contribution in [0.5, 0.6) is 0 Å². The first-order valence-electron chi connectivity index (χ1n) is 5.26. The van der Waals surface area contributed by atoms with E-state index in [2.05, 4.69) is 15.0 Å². The Morgan fingerprint density at radius 1 is 1.38 bits per heavy atom. The van der Waals surface area contributed by atoms with Gasteiger partial charge >= 0.3 is 0 Å². The summed E-state index contributed by atoms with van der Waals surface area (Å²) in [5.74, 6) is 0. The molecule has 16 heavy (non-hydrogen) atoms. The van der Waals surface area contributed by atoms with E-state index in [1.165, 1.54) is 7.11 Å². The third-order valence-electron chi connectivity index (χ3n) is 1.29. The van der Waals surface area contributed by atoms with Crippen LogP contribution in [0.4, 0.5) is 0 Å². The zero-order valence-electron chi connectivity index (χ0n) is 11.0. The molecule has 4 nitrogen and oxygen atoms in total. The lowest BCUT2D eigenvalue weighted by atomic mass is 10.3. The Morgan fingerprint density at radius 2 is 1.94 bits per heavy atom. The summed E-state index contributed by atoms with van der Waals surface area (Å²) in [5.41, 5.74) is 1.69. The Morgan fingerprint density at radius 3 is 2.12 bits per heavy atom. The van der Waals surface area contributed by atoms with Gasteiger partial charge < -0.3 is 9.82 Å². The summed E-state index contributed by atoms with van der Waals surface area (Å²) < 4.78 is 0. The maximum Gasteiger partial charge on any atom is 0.250 e. The number of H-pyrrole nitrogens is 1. The van der Waals surface area contributed by atoms with Crippen molar-refractivity contribution in [2.24, 2.45) is 5.16 Å². The maximum atomic E-state index is 10.6. The van der Waals surface area contributed by atoms with Gasteiger partial charge in [-0.1, -0.05) is 25.1 Å². The highest BCUT2D eigenvalue weighted by Gasteiger charge is 1.83. The van der Waals surface area contributed by atoms with Crippen molar-refractivity contribution in [2.75, 3.05) is 7.11 Å². The molecule has 1 aromatic rings. The second-order valence-electron chi connectivity index (χ2n) is 2.90. The first kappa shape index (κ1) is 16.8. The van der Waals surface area contributed by atoms with Crippen LogP contribution in [0, 0.1) is 6.92 Å². The van der Waals surface area contributed by atoms with Crippen molar-refractivity contribution in [3.8, 4) is 0 Å². The summed E-state index contributed by atoms with van der Waals surface area (Å²) in [6, 6.07) is 3.58.